The first-order valence-corrected chi connectivity index (χ1v) is 10.5. The zero-order chi connectivity index (χ0) is 20.1. The van der Waals surface area contributed by atoms with Crippen LogP contribution in [0, 0.1) is 0 Å². The number of rotatable bonds is 8. The van der Waals surface area contributed by atoms with Crippen molar-refractivity contribution in [2.24, 2.45) is 0 Å². The fourth-order valence-electron chi connectivity index (χ4n) is 2.81. The van der Waals surface area contributed by atoms with Gasteiger partial charge in [0, 0.05) is 24.3 Å². The Balaban J connectivity index is 1.92. The molecule has 1 aromatic rings. The summed E-state index contributed by atoms with van der Waals surface area (Å²) in [6.45, 7) is 4.06. The molecule has 8 nitrogen and oxygen atoms in total. The van der Waals surface area contributed by atoms with Gasteiger partial charge in [0.25, 0.3) is 0 Å². The number of nitrogens with one attached hydrogen (secondary N) is 2. The summed E-state index contributed by atoms with van der Waals surface area (Å²) in [5.74, 6) is -0.969. The van der Waals surface area contributed by atoms with E-state index in [1.807, 2.05) is 0 Å². The zero-order valence-electron chi connectivity index (χ0n) is 15.5. The number of sulfone groups is 1. The standard InChI is InChI=1S/C18H26N2O6S/c1-18(2,10-9-16(21)22)20-17(23)19-13-5-7-15(8-6-13)27(24,25)12-14-4-3-11-26-14/h5-8,14H,3-4,9-12H2,1-2H3,(H,21,22)(H2,19,20,23). The van der Waals surface area contributed by atoms with Gasteiger partial charge in [0.1, 0.15) is 0 Å². The number of benzene rings is 1. The quantitative estimate of drug-likeness (QED) is 0.618. The van der Waals surface area contributed by atoms with E-state index in [2.05, 4.69) is 10.6 Å². The van der Waals surface area contributed by atoms with Crippen molar-refractivity contribution in [2.45, 2.75) is 56.1 Å². The summed E-state index contributed by atoms with van der Waals surface area (Å²) >= 11 is 0. The maximum atomic E-state index is 12.4. The maximum Gasteiger partial charge on any atom is 0.319 e. The fraction of sp³-hybridized carbons (Fsp3) is 0.556. The molecule has 27 heavy (non-hydrogen) atoms. The minimum atomic E-state index is -3.44. The van der Waals surface area contributed by atoms with Crippen LogP contribution in [0.15, 0.2) is 29.2 Å². The lowest BCUT2D eigenvalue weighted by molar-refractivity contribution is -0.137. The van der Waals surface area contributed by atoms with E-state index < -0.39 is 27.4 Å². The predicted octanol–water partition coefficient (Wildman–Crippen LogP) is 2.40. The van der Waals surface area contributed by atoms with Crippen LogP contribution < -0.4 is 10.6 Å². The molecule has 3 N–H and O–H groups in total. The molecule has 0 radical (unpaired) electrons. The number of carboxylic acid groups (broad SMARTS) is 1. The number of aliphatic carboxylic acids is 1. The Hall–Kier alpha value is -2.13. The minimum absolute atomic E-state index is 0.0436. The largest absolute Gasteiger partial charge is 0.481 e. The Bertz CT molecular complexity index is 768. The molecule has 2 rings (SSSR count). The average Bonchev–Trinajstić information content (AvgIpc) is 3.05. The summed E-state index contributed by atoms with van der Waals surface area (Å²) in [7, 11) is -3.44. The van der Waals surface area contributed by atoms with E-state index in [1.54, 1.807) is 13.8 Å². The highest BCUT2D eigenvalue weighted by Gasteiger charge is 2.25. The molecule has 1 saturated heterocycles. The van der Waals surface area contributed by atoms with Crippen LogP contribution in [0.3, 0.4) is 0 Å². The Labute approximate surface area is 159 Å². The van der Waals surface area contributed by atoms with Gasteiger partial charge in [0.15, 0.2) is 9.84 Å². The summed E-state index contributed by atoms with van der Waals surface area (Å²) in [4.78, 5) is 22.9. The lowest BCUT2D eigenvalue weighted by Crippen LogP contribution is -2.45. The molecular formula is C18H26N2O6S. The highest BCUT2D eigenvalue weighted by molar-refractivity contribution is 7.91. The number of carbonyl (C=O) groups excluding carboxylic acids is 1. The van der Waals surface area contributed by atoms with Crippen LogP contribution in [0.5, 0.6) is 0 Å². The van der Waals surface area contributed by atoms with Crippen LogP contribution >= 0.6 is 0 Å². The van der Waals surface area contributed by atoms with Crippen LogP contribution in [0.2, 0.25) is 0 Å². The second-order valence-electron chi connectivity index (χ2n) is 7.30. The van der Waals surface area contributed by atoms with Crippen molar-refractivity contribution < 1.29 is 27.9 Å². The highest BCUT2D eigenvalue weighted by Crippen LogP contribution is 2.21. The van der Waals surface area contributed by atoms with Gasteiger partial charge in [0.05, 0.1) is 16.8 Å². The monoisotopic (exact) mass is 398 g/mol. The van der Waals surface area contributed by atoms with Gasteiger partial charge in [-0.1, -0.05) is 0 Å². The molecule has 1 aliphatic heterocycles. The molecule has 0 saturated carbocycles. The van der Waals surface area contributed by atoms with Gasteiger partial charge < -0.3 is 20.5 Å². The third-order valence-corrected chi connectivity index (χ3v) is 6.12. The third-order valence-electron chi connectivity index (χ3n) is 4.32. The normalized spacial score (nSPS) is 17.5. The molecule has 9 heteroatoms. The number of hydrogen-bond donors (Lipinski definition) is 3. The van der Waals surface area contributed by atoms with Crippen molar-refractivity contribution >= 4 is 27.5 Å². The second-order valence-corrected chi connectivity index (χ2v) is 9.33. The van der Waals surface area contributed by atoms with Gasteiger partial charge in [-0.05, 0) is 57.4 Å². The molecule has 1 atom stereocenters. The molecule has 1 unspecified atom stereocenters. The van der Waals surface area contributed by atoms with Crippen LogP contribution in [0.25, 0.3) is 0 Å². The van der Waals surface area contributed by atoms with E-state index in [1.165, 1.54) is 24.3 Å². The molecule has 1 aromatic carbocycles. The van der Waals surface area contributed by atoms with Crippen molar-refractivity contribution in [3.63, 3.8) is 0 Å². The van der Waals surface area contributed by atoms with Crippen molar-refractivity contribution in [3.05, 3.63) is 24.3 Å². The lowest BCUT2D eigenvalue weighted by atomic mass is 9.99. The van der Waals surface area contributed by atoms with Crippen molar-refractivity contribution in [1.82, 2.24) is 5.32 Å². The first kappa shape index (κ1) is 21.2. The van der Waals surface area contributed by atoms with Crippen LogP contribution in [-0.4, -0.2) is 49.5 Å². The number of anilines is 1. The van der Waals surface area contributed by atoms with E-state index in [9.17, 15) is 18.0 Å². The number of hydrogen-bond acceptors (Lipinski definition) is 5. The molecule has 2 amide bonds. The SMILES string of the molecule is CC(C)(CCC(=O)O)NC(=O)Nc1ccc(S(=O)(=O)CC2CCCO2)cc1. The number of carbonyl (C=O) groups is 2. The van der Waals surface area contributed by atoms with E-state index in [0.29, 0.717) is 12.3 Å². The molecule has 0 aliphatic carbocycles. The Morgan fingerprint density at radius 1 is 1.26 bits per heavy atom. The Morgan fingerprint density at radius 3 is 2.48 bits per heavy atom. The van der Waals surface area contributed by atoms with Gasteiger partial charge in [0.2, 0.25) is 0 Å². The average molecular weight is 398 g/mol. The summed E-state index contributed by atoms with van der Waals surface area (Å²) in [6.07, 6.45) is 1.60. The summed E-state index contributed by atoms with van der Waals surface area (Å²) < 4.78 is 30.2. The number of ether oxygens (including phenoxy) is 1. The van der Waals surface area contributed by atoms with Gasteiger partial charge >= 0.3 is 12.0 Å². The van der Waals surface area contributed by atoms with Crippen LogP contribution in [-0.2, 0) is 19.4 Å². The molecule has 0 aromatic heterocycles. The van der Waals surface area contributed by atoms with Gasteiger partial charge in [-0.15, -0.1) is 0 Å². The molecule has 1 aliphatic rings. The summed E-state index contributed by atoms with van der Waals surface area (Å²) in [6, 6.07) is 5.46. The van der Waals surface area contributed by atoms with Crippen molar-refractivity contribution in [3.8, 4) is 0 Å². The molecular weight excluding hydrogens is 372 g/mol. The minimum Gasteiger partial charge on any atom is -0.481 e. The summed E-state index contributed by atoms with van der Waals surface area (Å²) in [5.41, 5.74) is -0.245. The van der Waals surface area contributed by atoms with E-state index in [0.717, 1.165) is 12.8 Å². The molecule has 0 spiro atoms. The zero-order valence-corrected chi connectivity index (χ0v) is 16.3. The number of urea groups is 1. The van der Waals surface area contributed by atoms with E-state index in [-0.39, 0.29) is 29.6 Å². The van der Waals surface area contributed by atoms with Crippen molar-refractivity contribution in [1.29, 1.82) is 0 Å². The second kappa shape index (κ2) is 8.71. The smallest absolute Gasteiger partial charge is 0.319 e. The molecule has 150 valence electrons. The number of carboxylic acids is 1. The Kier molecular flexibility index (Phi) is 6.83. The Morgan fingerprint density at radius 2 is 1.93 bits per heavy atom. The van der Waals surface area contributed by atoms with Gasteiger partial charge in [-0.25, -0.2) is 13.2 Å². The molecule has 0 bridgehead atoms. The molecule has 1 fully saturated rings. The number of amides is 2. The van der Waals surface area contributed by atoms with E-state index >= 15 is 0 Å². The van der Waals surface area contributed by atoms with E-state index in [4.69, 9.17) is 9.84 Å². The maximum absolute atomic E-state index is 12.4. The first-order valence-electron chi connectivity index (χ1n) is 8.83. The van der Waals surface area contributed by atoms with Crippen LogP contribution in [0.4, 0.5) is 10.5 Å². The van der Waals surface area contributed by atoms with Crippen LogP contribution in [0.1, 0.15) is 39.5 Å². The van der Waals surface area contributed by atoms with Gasteiger partial charge in [-0.2, -0.15) is 0 Å². The van der Waals surface area contributed by atoms with Gasteiger partial charge in [-0.3, -0.25) is 4.79 Å². The predicted molar refractivity (Wildman–Crippen MR) is 101 cm³/mol. The third kappa shape index (κ3) is 6.84. The summed E-state index contributed by atoms with van der Waals surface area (Å²) in [5, 5.41) is 14.1. The highest BCUT2D eigenvalue weighted by atomic mass is 32.2. The first-order chi connectivity index (χ1) is 12.6. The lowest BCUT2D eigenvalue weighted by Gasteiger charge is -2.25. The van der Waals surface area contributed by atoms with Crippen molar-refractivity contribution in [2.75, 3.05) is 17.7 Å². The molecule has 1 heterocycles. The topological polar surface area (TPSA) is 122 Å². The fourth-order valence-corrected chi connectivity index (χ4v) is 4.31.